The van der Waals surface area contributed by atoms with E-state index in [1.54, 1.807) is 6.08 Å². The molecule has 1 amide bonds. The number of aromatic amines is 1. The summed E-state index contributed by atoms with van der Waals surface area (Å²) in [5.74, 6) is 0.553. The largest absolute Gasteiger partial charge is 0.420 e. The lowest BCUT2D eigenvalue weighted by Gasteiger charge is -2.30. The second kappa shape index (κ2) is 6.49. The van der Waals surface area contributed by atoms with E-state index in [0.717, 1.165) is 19.3 Å². The molecule has 0 spiro atoms. The number of rotatable bonds is 3. The summed E-state index contributed by atoms with van der Waals surface area (Å²) in [6, 6.07) is 2.71. The predicted octanol–water partition coefficient (Wildman–Crippen LogP) is 3.06. The minimum Gasteiger partial charge on any atom is -0.378 e. The van der Waals surface area contributed by atoms with E-state index in [-0.39, 0.29) is 18.0 Å². The van der Waals surface area contributed by atoms with Gasteiger partial charge in [0, 0.05) is 17.8 Å². The van der Waals surface area contributed by atoms with Gasteiger partial charge in [0.2, 0.25) is 5.91 Å². The Morgan fingerprint density at radius 2 is 2.11 bits per heavy atom. The van der Waals surface area contributed by atoms with Crippen molar-refractivity contribution in [3.05, 3.63) is 48.2 Å². The molecule has 0 aliphatic carbocycles. The van der Waals surface area contributed by atoms with Gasteiger partial charge in [-0.15, -0.1) is 0 Å². The molecule has 4 heterocycles. The van der Waals surface area contributed by atoms with E-state index in [0.29, 0.717) is 17.1 Å². The monoisotopic (exact) mass is 378 g/mol. The van der Waals surface area contributed by atoms with Gasteiger partial charge in [0.1, 0.15) is 5.82 Å². The summed E-state index contributed by atoms with van der Waals surface area (Å²) in [6.45, 7) is 0. The van der Waals surface area contributed by atoms with E-state index in [1.165, 1.54) is 24.5 Å². The van der Waals surface area contributed by atoms with Crippen molar-refractivity contribution >= 4 is 5.91 Å². The topological polar surface area (TPSA) is 82.1 Å². The molecular formula is C18H17F3N4O2. The summed E-state index contributed by atoms with van der Waals surface area (Å²) in [7, 11) is 0. The van der Waals surface area contributed by atoms with E-state index >= 15 is 0 Å². The summed E-state index contributed by atoms with van der Waals surface area (Å²) in [5, 5.41) is 9.40. The van der Waals surface area contributed by atoms with Gasteiger partial charge in [-0.3, -0.25) is 9.78 Å². The van der Waals surface area contributed by atoms with Crippen molar-refractivity contribution in [2.24, 2.45) is 0 Å². The van der Waals surface area contributed by atoms with Crippen LogP contribution in [0.15, 0.2) is 36.7 Å². The first kappa shape index (κ1) is 17.7. The Hall–Kier alpha value is -2.68. The molecule has 2 unspecified atom stereocenters. The molecule has 2 aromatic heterocycles. The Kier molecular flexibility index (Phi) is 4.26. The lowest BCUT2D eigenvalue weighted by molar-refractivity contribution is -0.207. The number of alkyl halides is 3. The molecular weight excluding hydrogens is 361 g/mol. The van der Waals surface area contributed by atoms with Crippen molar-refractivity contribution in [1.82, 2.24) is 19.9 Å². The first-order valence-corrected chi connectivity index (χ1v) is 8.59. The Morgan fingerprint density at radius 3 is 2.89 bits per heavy atom. The van der Waals surface area contributed by atoms with Crippen LogP contribution in [-0.4, -0.2) is 43.1 Å². The summed E-state index contributed by atoms with van der Waals surface area (Å²) < 4.78 is 38.2. The van der Waals surface area contributed by atoms with Gasteiger partial charge < -0.3 is 15.0 Å². The van der Waals surface area contributed by atoms with Crippen LogP contribution in [0.2, 0.25) is 0 Å². The van der Waals surface area contributed by atoms with Crippen LogP contribution in [-0.2, 0) is 4.79 Å². The summed E-state index contributed by atoms with van der Waals surface area (Å²) in [4.78, 5) is 25.1. The molecule has 2 aliphatic heterocycles. The maximum Gasteiger partial charge on any atom is 0.420 e. The number of halogens is 3. The maximum atomic E-state index is 12.7. The van der Waals surface area contributed by atoms with Crippen LogP contribution < -0.4 is 0 Å². The van der Waals surface area contributed by atoms with Gasteiger partial charge >= 0.3 is 6.18 Å². The first-order valence-electron chi connectivity index (χ1n) is 8.59. The highest BCUT2D eigenvalue weighted by molar-refractivity contribution is 5.89. The van der Waals surface area contributed by atoms with Gasteiger partial charge in [-0.05, 0) is 37.5 Å². The van der Waals surface area contributed by atoms with Crippen molar-refractivity contribution < 1.29 is 23.1 Å². The van der Waals surface area contributed by atoms with Crippen LogP contribution >= 0.6 is 0 Å². The normalized spacial score (nSPS) is 23.6. The average Bonchev–Trinajstić information content (AvgIpc) is 3.28. The van der Waals surface area contributed by atoms with Crippen LogP contribution in [0.3, 0.4) is 0 Å². The zero-order valence-electron chi connectivity index (χ0n) is 14.1. The molecule has 3 atom stereocenters. The number of carbonyl (C=O) groups excluding carboxylic acids is 1. The number of fused-ring (bicyclic) bond motifs is 1. The number of aromatic nitrogens is 3. The summed E-state index contributed by atoms with van der Waals surface area (Å²) in [5.41, 5.74) is 0.460. The number of nitrogens with one attached hydrogen (secondary N) is 1. The molecule has 0 bridgehead atoms. The van der Waals surface area contributed by atoms with E-state index in [1.807, 2.05) is 11.0 Å². The number of pyridine rings is 1. The smallest absolute Gasteiger partial charge is 0.378 e. The number of aliphatic hydroxyl groups is 1. The van der Waals surface area contributed by atoms with Crippen molar-refractivity contribution in [3.63, 3.8) is 0 Å². The number of hydrogen-bond donors (Lipinski definition) is 2. The maximum absolute atomic E-state index is 12.7. The molecule has 2 aliphatic rings. The molecule has 4 rings (SSSR count). The van der Waals surface area contributed by atoms with Crippen LogP contribution in [0.25, 0.3) is 11.3 Å². The highest BCUT2D eigenvalue weighted by Crippen LogP contribution is 2.39. The standard InChI is InChI=1S/C18H17F3N4O2/c19-18(20,21)16(27)12-8-10(6-7-22-12)13-9-23-17(24-13)14-5-4-11-2-1-3-15(26)25(11)14/h1,3,6-9,11,14,16,27H,2,4-5H2,(H,23,24)/t11?,14?,16-/m0/s1. The third-order valence-corrected chi connectivity index (χ3v) is 5.02. The SMILES string of the molecule is O=C1C=CCC2CCC(c3ncc(-c4ccnc([C@H](O)C(F)(F)F)c4)[nH]3)N12. The van der Waals surface area contributed by atoms with Crippen molar-refractivity contribution in [2.75, 3.05) is 0 Å². The van der Waals surface area contributed by atoms with Gasteiger partial charge in [-0.2, -0.15) is 13.2 Å². The Morgan fingerprint density at radius 1 is 1.30 bits per heavy atom. The molecule has 0 saturated carbocycles. The fraction of sp³-hybridized carbons (Fsp3) is 0.389. The number of aliphatic hydroxyl groups excluding tert-OH is 1. The van der Waals surface area contributed by atoms with Crippen LogP contribution in [0.1, 0.15) is 42.9 Å². The predicted molar refractivity (Wildman–Crippen MR) is 89.2 cm³/mol. The number of hydrogen-bond acceptors (Lipinski definition) is 4. The van der Waals surface area contributed by atoms with E-state index in [9.17, 15) is 23.1 Å². The Balaban J connectivity index is 1.60. The molecule has 0 radical (unpaired) electrons. The fourth-order valence-electron chi connectivity index (χ4n) is 3.71. The lowest BCUT2D eigenvalue weighted by atomic mass is 10.1. The van der Waals surface area contributed by atoms with Gasteiger partial charge in [-0.25, -0.2) is 4.98 Å². The number of nitrogens with zero attached hydrogens (tertiary/aromatic N) is 3. The third kappa shape index (κ3) is 3.23. The first-order chi connectivity index (χ1) is 12.8. The third-order valence-electron chi connectivity index (χ3n) is 5.02. The average molecular weight is 378 g/mol. The molecule has 6 nitrogen and oxygen atoms in total. The van der Waals surface area contributed by atoms with Gasteiger partial charge in [-0.1, -0.05) is 6.08 Å². The van der Waals surface area contributed by atoms with Crippen LogP contribution in [0, 0.1) is 0 Å². The molecule has 0 aromatic carbocycles. The van der Waals surface area contributed by atoms with Crippen LogP contribution in [0.5, 0.6) is 0 Å². The van der Waals surface area contributed by atoms with Crippen molar-refractivity contribution in [2.45, 2.75) is 43.6 Å². The second-order valence-electron chi connectivity index (χ2n) is 6.73. The molecule has 27 heavy (non-hydrogen) atoms. The molecule has 9 heteroatoms. The van der Waals surface area contributed by atoms with Crippen molar-refractivity contribution in [1.29, 1.82) is 0 Å². The Labute approximate surface area is 152 Å². The quantitative estimate of drug-likeness (QED) is 0.860. The van der Waals surface area contributed by atoms with Crippen molar-refractivity contribution in [3.8, 4) is 11.3 Å². The minimum atomic E-state index is -4.79. The van der Waals surface area contributed by atoms with Gasteiger partial charge in [0.05, 0.1) is 23.6 Å². The zero-order chi connectivity index (χ0) is 19.2. The Bertz CT molecular complexity index is 893. The van der Waals surface area contributed by atoms with Crippen LogP contribution in [0.4, 0.5) is 13.2 Å². The summed E-state index contributed by atoms with van der Waals surface area (Å²) in [6.07, 6.45) is 1.22. The van der Waals surface area contributed by atoms with Gasteiger partial charge in [0.25, 0.3) is 0 Å². The highest BCUT2D eigenvalue weighted by Gasteiger charge is 2.41. The summed E-state index contributed by atoms with van der Waals surface area (Å²) >= 11 is 0. The molecule has 1 fully saturated rings. The molecule has 2 aromatic rings. The van der Waals surface area contributed by atoms with E-state index < -0.39 is 18.0 Å². The molecule has 2 N–H and O–H groups in total. The number of carbonyl (C=O) groups is 1. The minimum absolute atomic E-state index is 0.0498. The van der Waals surface area contributed by atoms with Gasteiger partial charge in [0.15, 0.2) is 6.10 Å². The second-order valence-corrected chi connectivity index (χ2v) is 6.73. The van der Waals surface area contributed by atoms with E-state index in [4.69, 9.17) is 0 Å². The fourth-order valence-corrected chi connectivity index (χ4v) is 3.71. The number of amides is 1. The highest BCUT2D eigenvalue weighted by atomic mass is 19.4. The van der Waals surface area contributed by atoms with E-state index in [2.05, 4.69) is 15.0 Å². The molecule has 142 valence electrons. The number of imidazole rings is 1. The lowest BCUT2D eigenvalue weighted by Crippen LogP contribution is -2.38. The zero-order valence-corrected chi connectivity index (χ0v) is 14.1. The molecule has 1 saturated heterocycles. The number of H-pyrrole nitrogens is 1.